The Morgan fingerprint density at radius 3 is 1.90 bits per heavy atom. The van der Waals surface area contributed by atoms with Crippen LogP contribution in [-0.4, -0.2) is 94.5 Å². The number of rotatable bonds is 4. The lowest BCUT2D eigenvalue weighted by Crippen LogP contribution is -2.51. The summed E-state index contributed by atoms with van der Waals surface area (Å²) in [5.41, 5.74) is 0.796. The second kappa shape index (κ2) is 11.8. The summed E-state index contributed by atoms with van der Waals surface area (Å²) in [5.74, 6) is -3.78. The van der Waals surface area contributed by atoms with E-state index < -0.39 is 11.9 Å². The molecule has 0 atom stereocenters. The van der Waals surface area contributed by atoms with Crippen LogP contribution in [0, 0.1) is 5.82 Å². The Balaban J connectivity index is 0.000000501. The molecule has 0 spiro atoms. The molecule has 1 aromatic carbocycles. The summed E-state index contributed by atoms with van der Waals surface area (Å²) in [6, 6.07) is 6.03. The van der Waals surface area contributed by atoms with Gasteiger partial charge >= 0.3 is 11.9 Å². The molecule has 2 saturated heterocycles. The van der Waals surface area contributed by atoms with Crippen LogP contribution in [0.1, 0.15) is 18.4 Å². The molecule has 0 aliphatic carbocycles. The molecule has 0 unspecified atom stereocenters. The number of carbonyl (C=O) groups is 4. The summed E-state index contributed by atoms with van der Waals surface area (Å²) in [6.07, 6.45) is 5.44. The van der Waals surface area contributed by atoms with Crippen LogP contribution in [0.25, 0.3) is 6.08 Å². The van der Waals surface area contributed by atoms with Crippen LogP contribution in [0.3, 0.4) is 0 Å². The van der Waals surface area contributed by atoms with Crippen molar-refractivity contribution in [3.05, 3.63) is 41.7 Å². The zero-order valence-electron chi connectivity index (χ0n) is 17.1. The van der Waals surface area contributed by atoms with Gasteiger partial charge in [0.25, 0.3) is 0 Å². The number of benzene rings is 1. The third-order valence-corrected chi connectivity index (χ3v) is 4.97. The van der Waals surface area contributed by atoms with Gasteiger partial charge in [0.2, 0.25) is 11.8 Å². The quantitative estimate of drug-likeness (QED) is 0.530. The Bertz CT molecular complexity index is 801. The first-order valence-corrected chi connectivity index (χ1v) is 9.95. The number of hydrogen-bond donors (Lipinski definition) is 2. The number of likely N-dealkylation sites (tertiary alicyclic amines) is 1. The van der Waals surface area contributed by atoms with E-state index in [1.54, 1.807) is 23.1 Å². The lowest BCUT2D eigenvalue weighted by atomic mass is 10.2. The van der Waals surface area contributed by atoms with Gasteiger partial charge in [0.15, 0.2) is 0 Å². The van der Waals surface area contributed by atoms with Crippen LogP contribution in [0.15, 0.2) is 30.3 Å². The Hall–Kier alpha value is -3.27. The molecule has 0 bridgehead atoms. The molecule has 2 aliphatic heterocycles. The highest BCUT2D eigenvalue weighted by Crippen LogP contribution is 2.10. The topological polar surface area (TPSA) is 118 Å². The minimum absolute atomic E-state index is 0.0464. The standard InChI is InChI=1S/C19H24FN3O2.C2H2O4/c20-17-6-3-16(4-7-17)5-8-18(24)23-13-11-21(12-14-23)15-19(25)22-9-1-2-10-22;3-1(4)2(5)6/h3-8H,1-2,9-15H2;(H,3,4)(H,5,6)/b8-5+;. The van der Waals surface area contributed by atoms with Crippen LogP contribution in [0.5, 0.6) is 0 Å². The average molecular weight is 435 g/mol. The normalized spacial score (nSPS) is 16.7. The highest BCUT2D eigenvalue weighted by Gasteiger charge is 2.24. The van der Waals surface area contributed by atoms with Crippen LogP contribution in [0.2, 0.25) is 0 Å². The van der Waals surface area contributed by atoms with Crippen molar-refractivity contribution < 1.29 is 33.8 Å². The summed E-state index contributed by atoms with van der Waals surface area (Å²) in [6.45, 7) is 4.90. The third-order valence-electron chi connectivity index (χ3n) is 4.97. The van der Waals surface area contributed by atoms with Crippen molar-refractivity contribution in [2.75, 3.05) is 45.8 Å². The van der Waals surface area contributed by atoms with Gasteiger partial charge in [-0.15, -0.1) is 0 Å². The molecule has 2 heterocycles. The van der Waals surface area contributed by atoms with E-state index in [1.807, 2.05) is 4.90 Å². The Kier molecular flexibility index (Phi) is 9.13. The van der Waals surface area contributed by atoms with E-state index in [9.17, 15) is 14.0 Å². The van der Waals surface area contributed by atoms with Gasteiger partial charge in [0, 0.05) is 45.3 Å². The second-order valence-electron chi connectivity index (χ2n) is 7.18. The number of amides is 2. The average Bonchev–Trinajstić information content (AvgIpc) is 3.29. The molecule has 2 amide bonds. The highest BCUT2D eigenvalue weighted by molar-refractivity contribution is 6.27. The molecule has 9 nitrogen and oxygen atoms in total. The zero-order chi connectivity index (χ0) is 22.8. The van der Waals surface area contributed by atoms with Gasteiger partial charge in [-0.25, -0.2) is 14.0 Å². The molecule has 10 heteroatoms. The predicted octanol–water partition coefficient (Wildman–Crippen LogP) is 0.761. The van der Waals surface area contributed by atoms with E-state index in [-0.39, 0.29) is 17.6 Å². The molecule has 0 radical (unpaired) electrons. The Morgan fingerprint density at radius 2 is 1.39 bits per heavy atom. The minimum atomic E-state index is -1.82. The Labute approximate surface area is 179 Å². The van der Waals surface area contributed by atoms with Gasteiger partial charge in [-0.3, -0.25) is 14.5 Å². The van der Waals surface area contributed by atoms with E-state index in [0.717, 1.165) is 44.6 Å². The van der Waals surface area contributed by atoms with Crippen LogP contribution in [-0.2, 0) is 19.2 Å². The largest absolute Gasteiger partial charge is 0.473 e. The second-order valence-corrected chi connectivity index (χ2v) is 7.18. The molecule has 0 saturated carbocycles. The smallest absolute Gasteiger partial charge is 0.414 e. The maximum absolute atomic E-state index is 12.9. The summed E-state index contributed by atoms with van der Waals surface area (Å²) in [5, 5.41) is 14.8. The Morgan fingerprint density at radius 1 is 0.839 bits per heavy atom. The number of halogens is 1. The first-order chi connectivity index (χ1) is 14.8. The number of carboxylic acids is 2. The fourth-order valence-electron chi connectivity index (χ4n) is 3.23. The summed E-state index contributed by atoms with van der Waals surface area (Å²) in [7, 11) is 0. The van der Waals surface area contributed by atoms with Crippen molar-refractivity contribution in [3.8, 4) is 0 Å². The highest BCUT2D eigenvalue weighted by atomic mass is 19.1. The van der Waals surface area contributed by atoms with Gasteiger partial charge in [-0.2, -0.15) is 0 Å². The fourth-order valence-corrected chi connectivity index (χ4v) is 3.23. The first-order valence-electron chi connectivity index (χ1n) is 9.95. The maximum atomic E-state index is 12.9. The van der Waals surface area contributed by atoms with Crippen LogP contribution < -0.4 is 0 Å². The van der Waals surface area contributed by atoms with Crippen molar-refractivity contribution in [3.63, 3.8) is 0 Å². The monoisotopic (exact) mass is 435 g/mol. The molecule has 2 fully saturated rings. The molecule has 3 rings (SSSR count). The molecule has 31 heavy (non-hydrogen) atoms. The lowest BCUT2D eigenvalue weighted by molar-refractivity contribution is -0.159. The molecule has 0 aromatic heterocycles. The van der Waals surface area contributed by atoms with Gasteiger partial charge in [0.1, 0.15) is 5.82 Å². The van der Waals surface area contributed by atoms with E-state index in [1.165, 1.54) is 18.2 Å². The van der Waals surface area contributed by atoms with Crippen molar-refractivity contribution in [2.24, 2.45) is 0 Å². The SMILES string of the molecule is O=C(/C=C/c1ccc(F)cc1)N1CCN(CC(=O)N2CCCC2)CC1.O=C(O)C(=O)O. The van der Waals surface area contributed by atoms with Crippen molar-refractivity contribution >= 4 is 29.8 Å². The van der Waals surface area contributed by atoms with Crippen molar-refractivity contribution in [2.45, 2.75) is 12.8 Å². The maximum Gasteiger partial charge on any atom is 0.414 e. The van der Waals surface area contributed by atoms with Gasteiger partial charge in [-0.05, 0) is 36.6 Å². The number of nitrogens with zero attached hydrogens (tertiary/aromatic N) is 3. The van der Waals surface area contributed by atoms with E-state index in [0.29, 0.717) is 19.6 Å². The number of hydrogen-bond acceptors (Lipinski definition) is 5. The molecule has 168 valence electrons. The van der Waals surface area contributed by atoms with Crippen molar-refractivity contribution in [1.82, 2.24) is 14.7 Å². The van der Waals surface area contributed by atoms with Gasteiger partial charge in [0.05, 0.1) is 6.54 Å². The third kappa shape index (κ3) is 8.17. The molecule has 2 aliphatic rings. The molecule has 1 aromatic rings. The summed E-state index contributed by atoms with van der Waals surface area (Å²) in [4.78, 5) is 48.5. The zero-order valence-corrected chi connectivity index (χ0v) is 17.1. The number of carbonyl (C=O) groups excluding carboxylic acids is 2. The summed E-state index contributed by atoms with van der Waals surface area (Å²) >= 11 is 0. The van der Waals surface area contributed by atoms with Crippen LogP contribution in [0.4, 0.5) is 4.39 Å². The molecular formula is C21H26FN3O6. The number of carboxylic acid groups (broad SMARTS) is 2. The van der Waals surface area contributed by atoms with Crippen LogP contribution >= 0.6 is 0 Å². The van der Waals surface area contributed by atoms with E-state index >= 15 is 0 Å². The first kappa shape index (κ1) is 24.0. The van der Waals surface area contributed by atoms with E-state index in [4.69, 9.17) is 19.8 Å². The minimum Gasteiger partial charge on any atom is -0.473 e. The lowest BCUT2D eigenvalue weighted by Gasteiger charge is -2.34. The fraction of sp³-hybridized carbons (Fsp3) is 0.429. The van der Waals surface area contributed by atoms with Crippen molar-refractivity contribution in [1.29, 1.82) is 0 Å². The summed E-state index contributed by atoms with van der Waals surface area (Å²) < 4.78 is 12.9. The predicted molar refractivity (Wildman–Crippen MR) is 110 cm³/mol. The van der Waals surface area contributed by atoms with Gasteiger partial charge in [-0.1, -0.05) is 12.1 Å². The molecule has 2 N–H and O–H groups in total. The van der Waals surface area contributed by atoms with E-state index in [2.05, 4.69) is 4.90 Å². The molecular weight excluding hydrogens is 409 g/mol. The van der Waals surface area contributed by atoms with Gasteiger partial charge < -0.3 is 20.0 Å². The number of aliphatic carboxylic acids is 2. The number of piperazine rings is 1.